The molecule has 122 valence electrons. The van der Waals surface area contributed by atoms with Gasteiger partial charge in [0.15, 0.2) is 0 Å². The average molecular weight is 315 g/mol. The van der Waals surface area contributed by atoms with E-state index >= 15 is 0 Å². The molecule has 9 heteroatoms. The van der Waals surface area contributed by atoms with Crippen LogP contribution in [0.4, 0.5) is 10.1 Å². The zero-order chi connectivity index (χ0) is 16.4. The summed E-state index contributed by atoms with van der Waals surface area (Å²) in [7, 11) is 0. The third-order valence-electron chi connectivity index (χ3n) is 3.40. The smallest absolute Gasteiger partial charge is 0.330 e. The molecule has 1 aromatic heterocycles. The van der Waals surface area contributed by atoms with Gasteiger partial charge in [0.25, 0.3) is 5.56 Å². The maximum absolute atomic E-state index is 13.6. The number of amides is 1. The lowest BCUT2D eigenvalue weighted by atomic mass is 10.2. The number of aliphatic hydroxyl groups excluding tert-OH is 1. The first kappa shape index (κ1) is 16.4. The molecule has 1 aliphatic rings. The molecule has 1 fully saturated rings. The Labute approximate surface area is 124 Å². The largest absolute Gasteiger partial charge is 0.394 e. The number of aromatic nitrogens is 2. The quantitative estimate of drug-likeness (QED) is 0.709. The van der Waals surface area contributed by atoms with E-state index in [1.807, 2.05) is 4.98 Å². The fourth-order valence-corrected chi connectivity index (χ4v) is 2.09. The summed E-state index contributed by atoms with van der Waals surface area (Å²) >= 11 is 0. The van der Waals surface area contributed by atoms with Crippen LogP contribution >= 0.6 is 0 Å². The fourth-order valence-electron chi connectivity index (χ4n) is 2.09. The van der Waals surface area contributed by atoms with E-state index in [2.05, 4.69) is 5.32 Å². The lowest BCUT2D eigenvalue weighted by molar-refractivity contribution is -0.118. The van der Waals surface area contributed by atoms with E-state index in [-0.39, 0.29) is 23.9 Å². The Morgan fingerprint density at radius 1 is 1.59 bits per heavy atom. The van der Waals surface area contributed by atoms with Crippen molar-refractivity contribution in [3.63, 3.8) is 0 Å². The highest BCUT2D eigenvalue weighted by molar-refractivity contribution is 5.91. The van der Waals surface area contributed by atoms with Crippen LogP contribution in [-0.2, 0) is 9.53 Å². The predicted molar refractivity (Wildman–Crippen MR) is 75.3 cm³/mol. The number of anilines is 1. The number of aromatic amines is 1. The van der Waals surface area contributed by atoms with E-state index in [0.29, 0.717) is 0 Å². The van der Waals surface area contributed by atoms with Gasteiger partial charge in [-0.3, -0.25) is 19.1 Å². The molecule has 8 nitrogen and oxygen atoms in total. The molecule has 1 aliphatic heterocycles. The first-order valence-corrected chi connectivity index (χ1v) is 6.90. The summed E-state index contributed by atoms with van der Waals surface area (Å²) in [6.07, 6.45) is -2.39. The van der Waals surface area contributed by atoms with Crippen molar-refractivity contribution in [2.45, 2.75) is 38.8 Å². The highest BCUT2D eigenvalue weighted by Gasteiger charge is 2.36. The van der Waals surface area contributed by atoms with Gasteiger partial charge in [0, 0.05) is 18.5 Å². The predicted octanol–water partition coefficient (Wildman–Crippen LogP) is -0.251. The second-order valence-electron chi connectivity index (χ2n) is 5.42. The summed E-state index contributed by atoms with van der Waals surface area (Å²) in [5, 5.41) is 11.4. The van der Waals surface area contributed by atoms with Gasteiger partial charge >= 0.3 is 5.69 Å². The van der Waals surface area contributed by atoms with Gasteiger partial charge in [0.2, 0.25) is 5.91 Å². The molecule has 3 N–H and O–H groups in total. The molecule has 0 unspecified atom stereocenters. The van der Waals surface area contributed by atoms with Crippen molar-refractivity contribution < 1.29 is 19.0 Å². The van der Waals surface area contributed by atoms with Crippen LogP contribution in [0.5, 0.6) is 0 Å². The number of nitrogens with one attached hydrogen (secondary N) is 2. The number of aliphatic hydroxyl groups is 1. The first-order valence-electron chi connectivity index (χ1n) is 6.90. The van der Waals surface area contributed by atoms with Gasteiger partial charge in [0.1, 0.15) is 24.2 Å². The highest BCUT2D eigenvalue weighted by atomic mass is 19.1. The van der Waals surface area contributed by atoms with E-state index in [1.165, 1.54) is 0 Å². The number of carbonyl (C=O) groups excluding carboxylic acids is 1. The summed E-state index contributed by atoms with van der Waals surface area (Å²) in [5.41, 5.74) is -1.64. The van der Waals surface area contributed by atoms with Crippen LogP contribution < -0.4 is 16.6 Å². The van der Waals surface area contributed by atoms with Gasteiger partial charge in [-0.25, -0.2) is 9.18 Å². The molecule has 0 saturated carbocycles. The van der Waals surface area contributed by atoms with E-state index in [4.69, 9.17) is 9.84 Å². The van der Waals surface area contributed by atoms with Gasteiger partial charge in [-0.2, -0.15) is 0 Å². The van der Waals surface area contributed by atoms with Crippen molar-refractivity contribution in [2.24, 2.45) is 5.92 Å². The van der Waals surface area contributed by atoms with Crippen molar-refractivity contribution in [1.82, 2.24) is 9.55 Å². The molecule has 22 heavy (non-hydrogen) atoms. The third-order valence-corrected chi connectivity index (χ3v) is 3.40. The fraction of sp³-hybridized carbons (Fsp3) is 0.615. The molecule has 1 saturated heterocycles. The molecule has 2 heterocycles. The van der Waals surface area contributed by atoms with Crippen LogP contribution in [0, 0.1) is 5.92 Å². The van der Waals surface area contributed by atoms with Crippen molar-refractivity contribution >= 4 is 11.6 Å². The van der Waals surface area contributed by atoms with Crippen LogP contribution in [0.1, 0.15) is 26.5 Å². The molecule has 0 aliphatic carbocycles. The average Bonchev–Trinajstić information content (AvgIpc) is 2.82. The van der Waals surface area contributed by atoms with E-state index in [9.17, 15) is 18.8 Å². The van der Waals surface area contributed by atoms with Gasteiger partial charge in [-0.15, -0.1) is 0 Å². The number of hydrogen-bond acceptors (Lipinski definition) is 5. The third kappa shape index (κ3) is 3.25. The summed E-state index contributed by atoms with van der Waals surface area (Å²) in [6, 6.07) is 0. The number of halogens is 1. The Morgan fingerprint density at radius 2 is 2.27 bits per heavy atom. The number of carbonyl (C=O) groups is 1. The Hall–Kier alpha value is -2.00. The number of hydrogen-bond donors (Lipinski definition) is 3. The van der Waals surface area contributed by atoms with Crippen LogP contribution in [0.15, 0.2) is 15.8 Å². The van der Waals surface area contributed by atoms with Crippen LogP contribution in [-0.4, -0.2) is 39.4 Å². The molecule has 0 spiro atoms. The number of rotatable bonds is 4. The highest BCUT2D eigenvalue weighted by Crippen LogP contribution is 2.29. The molecule has 3 atom stereocenters. The Balaban J connectivity index is 2.31. The minimum atomic E-state index is -1.41. The molecular formula is C13H18FN3O5. The van der Waals surface area contributed by atoms with Crippen LogP contribution in [0.2, 0.25) is 0 Å². The minimum Gasteiger partial charge on any atom is -0.394 e. The molecule has 1 amide bonds. The number of nitrogens with zero attached hydrogens (tertiary/aromatic N) is 1. The van der Waals surface area contributed by atoms with Crippen LogP contribution in [0.3, 0.4) is 0 Å². The standard InChI is InChI=1S/C13H18FN3O5/c1-6(2)11(19)15-8-4-17(13(21)16-12(8)20)10-3-7(14)9(5-18)22-10/h4,6-7,9-10,18H,3,5H2,1-2H3,(H,15,19)(H,16,20,21)/t7-,9+,10+/m0/s1. The van der Waals surface area contributed by atoms with Crippen molar-refractivity contribution in [1.29, 1.82) is 0 Å². The Morgan fingerprint density at radius 3 is 2.82 bits per heavy atom. The first-order chi connectivity index (χ1) is 10.3. The minimum absolute atomic E-state index is 0.121. The second-order valence-corrected chi connectivity index (χ2v) is 5.42. The summed E-state index contributed by atoms with van der Waals surface area (Å²) in [4.78, 5) is 37.2. The number of ether oxygens (including phenoxy) is 1. The van der Waals surface area contributed by atoms with Crippen LogP contribution in [0.25, 0.3) is 0 Å². The molecule has 2 rings (SSSR count). The molecule has 0 aromatic carbocycles. The normalized spacial score (nSPS) is 24.7. The molecule has 0 radical (unpaired) electrons. The monoisotopic (exact) mass is 315 g/mol. The maximum atomic E-state index is 13.6. The lowest BCUT2D eigenvalue weighted by Crippen LogP contribution is -2.35. The van der Waals surface area contributed by atoms with Crippen molar-refractivity contribution in [2.75, 3.05) is 11.9 Å². The van der Waals surface area contributed by atoms with E-state index in [1.54, 1.807) is 13.8 Å². The van der Waals surface area contributed by atoms with Gasteiger partial charge < -0.3 is 15.2 Å². The maximum Gasteiger partial charge on any atom is 0.330 e. The zero-order valence-corrected chi connectivity index (χ0v) is 12.2. The van der Waals surface area contributed by atoms with E-state index in [0.717, 1.165) is 10.8 Å². The summed E-state index contributed by atoms with van der Waals surface area (Å²) in [5.74, 6) is -0.740. The number of H-pyrrole nitrogens is 1. The number of alkyl halides is 1. The molecule has 1 aromatic rings. The van der Waals surface area contributed by atoms with Gasteiger partial charge in [-0.1, -0.05) is 13.8 Å². The summed E-state index contributed by atoms with van der Waals surface area (Å²) in [6.45, 7) is 2.80. The Bertz CT molecular complexity index is 668. The molecular weight excluding hydrogens is 297 g/mol. The topological polar surface area (TPSA) is 113 Å². The summed E-state index contributed by atoms with van der Waals surface area (Å²) < 4.78 is 19.8. The Kier molecular flexibility index (Phi) is 4.77. The van der Waals surface area contributed by atoms with E-state index < -0.39 is 36.4 Å². The van der Waals surface area contributed by atoms with Crippen molar-refractivity contribution in [3.8, 4) is 0 Å². The second kappa shape index (κ2) is 6.41. The van der Waals surface area contributed by atoms with Gasteiger partial charge in [0.05, 0.1) is 6.61 Å². The van der Waals surface area contributed by atoms with Crippen molar-refractivity contribution in [3.05, 3.63) is 27.0 Å². The lowest BCUT2D eigenvalue weighted by Gasteiger charge is -2.15. The zero-order valence-electron chi connectivity index (χ0n) is 12.2. The van der Waals surface area contributed by atoms with Gasteiger partial charge in [-0.05, 0) is 0 Å². The molecule has 0 bridgehead atoms. The SMILES string of the molecule is CC(C)C(=O)Nc1cn([C@H]2C[C@H](F)[C@@H](CO)O2)c(=O)[nH]c1=O.